The van der Waals surface area contributed by atoms with Crippen molar-refractivity contribution in [2.24, 2.45) is 0 Å². The molecule has 35 heavy (non-hydrogen) atoms. The zero-order valence-electron chi connectivity index (χ0n) is 19.4. The third-order valence-corrected chi connectivity index (χ3v) is 5.33. The van der Waals surface area contributed by atoms with Gasteiger partial charge in [0.15, 0.2) is 0 Å². The minimum Gasteiger partial charge on any atom is -0.427 e. The first-order chi connectivity index (χ1) is 17.1. The molecule has 0 aliphatic heterocycles. The van der Waals surface area contributed by atoms with E-state index >= 15 is 0 Å². The molecule has 4 rings (SSSR count). The fraction of sp³-hybridized carbons (Fsp3) is 0.0667. The van der Waals surface area contributed by atoms with Crippen LogP contribution in [0.1, 0.15) is 13.3 Å². The highest BCUT2D eigenvalue weighted by Crippen LogP contribution is 2.37. The Kier molecular flexibility index (Phi) is 7.38. The summed E-state index contributed by atoms with van der Waals surface area (Å²) in [7, 11) is 0. The van der Waals surface area contributed by atoms with Crippen molar-refractivity contribution in [3.63, 3.8) is 0 Å². The van der Waals surface area contributed by atoms with Crippen molar-refractivity contribution in [3.05, 3.63) is 116 Å². The van der Waals surface area contributed by atoms with Crippen LogP contribution in [0, 0.1) is 0 Å². The van der Waals surface area contributed by atoms with Crippen LogP contribution in [0.5, 0.6) is 11.5 Å². The van der Waals surface area contributed by atoms with Crippen LogP contribution in [0.4, 0.5) is 17.1 Å². The van der Waals surface area contributed by atoms with Crippen molar-refractivity contribution in [1.82, 2.24) is 0 Å². The van der Waals surface area contributed by atoms with Gasteiger partial charge in [-0.1, -0.05) is 56.0 Å². The van der Waals surface area contributed by atoms with E-state index in [9.17, 15) is 9.59 Å². The van der Waals surface area contributed by atoms with E-state index in [0.717, 1.165) is 34.3 Å². The lowest BCUT2D eigenvalue weighted by Gasteiger charge is -2.26. The Balaban J connectivity index is 1.69. The van der Waals surface area contributed by atoms with Crippen LogP contribution in [0.3, 0.4) is 0 Å². The minimum atomic E-state index is -0.511. The van der Waals surface area contributed by atoms with Crippen molar-refractivity contribution < 1.29 is 19.1 Å². The molecule has 0 saturated heterocycles. The van der Waals surface area contributed by atoms with E-state index in [4.69, 9.17) is 9.47 Å². The smallest absolute Gasteiger partial charge is 0.335 e. The quantitative estimate of drug-likeness (QED) is 0.157. The largest absolute Gasteiger partial charge is 0.427 e. The van der Waals surface area contributed by atoms with Gasteiger partial charge in [-0.15, -0.1) is 0 Å². The number of ether oxygens (including phenoxy) is 2. The summed E-state index contributed by atoms with van der Waals surface area (Å²) in [5.41, 5.74) is 4.95. The molecule has 0 heterocycles. The molecule has 4 aromatic carbocycles. The second-order valence-corrected chi connectivity index (χ2v) is 7.69. The molecular formula is C30H25NO4. The summed E-state index contributed by atoms with van der Waals surface area (Å²) in [5, 5.41) is 0. The number of rotatable bonds is 8. The maximum absolute atomic E-state index is 11.6. The van der Waals surface area contributed by atoms with Gasteiger partial charge in [0, 0.05) is 29.6 Å². The topological polar surface area (TPSA) is 55.8 Å². The average molecular weight is 464 g/mol. The van der Waals surface area contributed by atoms with Gasteiger partial charge in [-0.3, -0.25) is 4.79 Å². The minimum absolute atomic E-state index is 0.282. The second-order valence-electron chi connectivity index (χ2n) is 7.69. The molecule has 0 N–H and O–H groups in total. The Morgan fingerprint density at radius 1 is 0.686 bits per heavy atom. The second kappa shape index (κ2) is 11.0. The lowest BCUT2D eigenvalue weighted by molar-refractivity contribution is -0.134. The summed E-state index contributed by atoms with van der Waals surface area (Å²) in [4.78, 5) is 25.3. The lowest BCUT2D eigenvalue weighted by atomic mass is 10.0. The number of hydrogen-bond acceptors (Lipinski definition) is 5. The number of benzene rings is 4. The molecule has 0 atom stereocenters. The molecule has 0 amide bonds. The van der Waals surface area contributed by atoms with Gasteiger partial charge in [-0.2, -0.15) is 0 Å². The van der Waals surface area contributed by atoms with Crippen LogP contribution < -0.4 is 14.4 Å². The molecule has 0 fully saturated rings. The molecule has 0 spiro atoms. The molecule has 0 unspecified atom stereocenters. The van der Waals surface area contributed by atoms with E-state index in [1.54, 1.807) is 31.2 Å². The van der Waals surface area contributed by atoms with E-state index in [-0.39, 0.29) is 5.97 Å². The first-order valence-corrected chi connectivity index (χ1v) is 11.3. The summed E-state index contributed by atoms with van der Waals surface area (Å²) in [6.45, 7) is 5.18. The molecule has 174 valence electrons. The molecule has 0 aliphatic rings. The van der Waals surface area contributed by atoms with Gasteiger partial charge in [0.25, 0.3) is 0 Å². The standard InChI is InChI=1S/C30H25NO4/c1-3-29(32)34-27-18-14-25(15-19-27)31(26-16-20-28(21-17-26)35-30(33)4-2)24-12-10-23(11-13-24)22-8-6-5-7-9-22/h3,5-21H,1,4H2,2H3. The van der Waals surface area contributed by atoms with E-state index in [1.807, 2.05) is 42.5 Å². The Morgan fingerprint density at radius 2 is 1.14 bits per heavy atom. The number of esters is 2. The summed E-state index contributed by atoms with van der Waals surface area (Å²) in [5.74, 6) is 0.130. The number of carbonyl (C=O) groups is 2. The molecule has 0 bridgehead atoms. The van der Waals surface area contributed by atoms with Gasteiger partial charge in [-0.25, -0.2) is 4.79 Å². The molecule has 5 nitrogen and oxygen atoms in total. The fourth-order valence-electron chi connectivity index (χ4n) is 3.57. The lowest BCUT2D eigenvalue weighted by Crippen LogP contribution is -2.10. The van der Waals surface area contributed by atoms with E-state index < -0.39 is 5.97 Å². The van der Waals surface area contributed by atoms with E-state index in [1.165, 1.54) is 0 Å². The van der Waals surface area contributed by atoms with Crippen LogP contribution in [0.15, 0.2) is 116 Å². The van der Waals surface area contributed by atoms with Crippen molar-refractivity contribution in [2.45, 2.75) is 13.3 Å². The van der Waals surface area contributed by atoms with E-state index in [2.05, 4.69) is 47.9 Å². The number of hydrogen-bond donors (Lipinski definition) is 0. The molecule has 0 saturated carbocycles. The van der Waals surface area contributed by atoms with Crippen molar-refractivity contribution in [3.8, 4) is 22.6 Å². The van der Waals surface area contributed by atoms with Gasteiger partial charge < -0.3 is 14.4 Å². The van der Waals surface area contributed by atoms with Crippen LogP contribution >= 0.6 is 0 Å². The van der Waals surface area contributed by atoms with Crippen molar-refractivity contribution in [2.75, 3.05) is 4.90 Å². The van der Waals surface area contributed by atoms with Gasteiger partial charge in [0.2, 0.25) is 0 Å². The molecule has 0 radical (unpaired) electrons. The van der Waals surface area contributed by atoms with Gasteiger partial charge >= 0.3 is 11.9 Å². The summed E-state index contributed by atoms with van der Waals surface area (Å²) in [6.07, 6.45) is 1.44. The van der Waals surface area contributed by atoms with Gasteiger partial charge in [0.1, 0.15) is 11.5 Å². The van der Waals surface area contributed by atoms with Gasteiger partial charge in [0.05, 0.1) is 0 Å². The highest BCUT2D eigenvalue weighted by Gasteiger charge is 2.14. The molecule has 5 heteroatoms. The zero-order valence-corrected chi connectivity index (χ0v) is 19.4. The predicted molar refractivity (Wildman–Crippen MR) is 138 cm³/mol. The van der Waals surface area contributed by atoms with Crippen molar-refractivity contribution in [1.29, 1.82) is 0 Å². The Labute approximate surface area is 204 Å². The predicted octanol–water partition coefficient (Wildman–Crippen LogP) is 7.23. The Bertz CT molecular complexity index is 1300. The monoisotopic (exact) mass is 463 g/mol. The first kappa shape index (κ1) is 23.5. The third kappa shape index (κ3) is 5.84. The van der Waals surface area contributed by atoms with Crippen LogP contribution in [-0.2, 0) is 9.59 Å². The van der Waals surface area contributed by atoms with Crippen molar-refractivity contribution >= 4 is 29.0 Å². The number of nitrogens with zero attached hydrogens (tertiary/aromatic N) is 1. The van der Waals surface area contributed by atoms with Crippen LogP contribution in [-0.4, -0.2) is 11.9 Å². The SMILES string of the molecule is C=CC(=O)Oc1ccc(N(c2ccc(OC(=O)CC)cc2)c2ccc(-c3ccccc3)cc2)cc1. The zero-order chi connectivity index (χ0) is 24.6. The fourth-order valence-corrected chi connectivity index (χ4v) is 3.57. The molecule has 0 aliphatic carbocycles. The summed E-state index contributed by atoms with van der Waals surface area (Å²) >= 11 is 0. The molecular weight excluding hydrogens is 438 g/mol. The number of carbonyl (C=O) groups excluding carboxylic acids is 2. The summed E-state index contributed by atoms with van der Waals surface area (Å²) in [6, 6.07) is 33.0. The molecule has 0 aromatic heterocycles. The Hall–Kier alpha value is -4.64. The maximum atomic E-state index is 11.6. The van der Waals surface area contributed by atoms with Crippen LogP contribution in [0.2, 0.25) is 0 Å². The highest BCUT2D eigenvalue weighted by molar-refractivity contribution is 5.84. The number of anilines is 3. The highest BCUT2D eigenvalue weighted by atomic mass is 16.5. The Morgan fingerprint density at radius 3 is 1.63 bits per heavy atom. The van der Waals surface area contributed by atoms with E-state index in [0.29, 0.717) is 17.9 Å². The maximum Gasteiger partial charge on any atom is 0.335 e. The summed E-state index contributed by atoms with van der Waals surface area (Å²) < 4.78 is 10.5. The third-order valence-electron chi connectivity index (χ3n) is 5.33. The molecule has 4 aromatic rings. The van der Waals surface area contributed by atoms with Crippen LogP contribution in [0.25, 0.3) is 11.1 Å². The van der Waals surface area contributed by atoms with Gasteiger partial charge in [-0.05, 0) is 71.8 Å². The first-order valence-electron chi connectivity index (χ1n) is 11.3. The normalized spacial score (nSPS) is 10.3. The average Bonchev–Trinajstić information content (AvgIpc) is 2.91.